The van der Waals surface area contributed by atoms with E-state index < -0.39 is 5.97 Å². The molecule has 3 nitrogen and oxygen atoms in total. The fraction of sp³-hybridized carbons (Fsp3) is 0.0714. The summed E-state index contributed by atoms with van der Waals surface area (Å²) in [6.07, 6.45) is 0. The number of aryl methyl sites for hydroxylation is 1. The fourth-order valence-corrected chi connectivity index (χ4v) is 2.04. The first kappa shape index (κ1) is 12.5. The topological polar surface area (TPSA) is 57.5 Å². The number of benzene rings is 2. The third-order valence-corrected chi connectivity index (χ3v) is 3.04. The van der Waals surface area contributed by atoms with E-state index in [0.29, 0.717) is 10.6 Å². The fourth-order valence-electron chi connectivity index (χ4n) is 1.82. The van der Waals surface area contributed by atoms with Gasteiger partial charge in [0.05, 0.1) is 5.56 Å². The number of hydrogen-bond donors (Lipinski definition) is 2. The number of hydrogen-bond acceptors (Lipinski definition) is 2. The van der Waals surface area contributed by atoms with Crippen LogP contribution in [0.4, 0.5) is 0 Å². The minimum Gasteiger partial charge on any atom is -0.508 e. The highest BCUT2D eigenvalue weighted by atomic mass is 35.5. The Kier molecular flexibility index (Phi) is 3.26. The molecule has 0 aliphatic heterocycles. The average molecular weight is 263 g/mol. The molecule has 0 aliphatic rings. The van der Waals surface area contributed by atoms with Gasteiger partial charge in [-0.2, -0.15) is 0 Å². The lowest BCUT2D eigenvalue weighted by Crippen LogP contribution is -1.97. The standard InChI is InChI=1S/C14H11ClO3/c1-8-6-9(14(17)18)2-4-11(8)12-7-10(16)3-5-13(12)15/h2-7,16H,1H3,(H,17,18). The number of aromatic carboxylic acids is 1. The molecule has 0 bridgehead atoms. The molecule has 0 spiro atoms. The summed E-state index contributed by atoms with van der Waals surface area (Å²) in [6, 6.07) is 9.47. The van der Waals surface area contributed by atoms with Crippen LogP contribution in [0.25, 0.3) is 11.1 Å². The van der Waals surface area contributed by atoms with Gasteiger partial charge in [0, 0.05) is 10.6 Å². The van der Waals surface area contributed by atoms with Crippen LogP contribution in [0.5, 0.6) is 5.75 Å². The van der Waals surface area contributed by atoms with Crippen molar-refractivity contribution in [2.75, 3.05) is 0 Å². The highest BCUT2D eigenvalue weighted by Crippen LogP contribution is 2.33. The predicted octanol–water partition coefficient (Wildman–Crippen LogP) is 3.72. The van der Waals surface area contributed by atoms with Crippen molar-refractivity contribution in [1.82, 2.24) is 0 Å². The zero-order valence-corrected chi connectivity index (χ0v) is 10.4. The Balaban J connectivity index is 2.58. The normalized spacial score (nSPS) is 10.3. The summed E-state index contributed by atoms with van der Waals surface area (Å²) >= 11 is 6.08. The Bertz CT molecular complexity index is 620. The van der Waals surface area contributed by atoms with Crippen molar-refractivity contribution in [1.29, 1.82) is 0 Å². The molecule has 0 amide bonds. The van der Waals surface area contributed by atoms with Gasteiger partial charge >= 0.3 is 5.97 Å². The number of phenols is 1. The van der Waals surface area contributed by atoms with E-state index in [1.807, 2.05) is 6.92 Å². The Morgan fingerprint density at radius 3 is 2.44 bits per heavy atom. The lowest BCUT2D eigenvalue weighted by Gasteiger charge is -2.09. The number of carbonyl (C=O) groups is 1. The zero-order chi connectivity index (χ0) is 13.3. The number of carboxylic acid groups (broad SMARTS) is 1. The summed E-state index contributed by atoms with van der Waals surface area (Å²) in [7, 11) is 0. The van der Waals surface area contributed by atoms with Gasteiger partial charge in [-0.05, 0) is 48.4 Å². The van der Waals surface area contributed by atoms with E-state index in [1.54, 1.807) is 24.3 Å². The van der Waals surface area contributed by atoms with Gasteiger partial charge in [-0.25, -0.2) is 4.79 Å². The first-order chi connectivity index (χ1) is 8.49. The van der Waals surface area contributed by atoms with E-state index >= 15 is 0 Å². The summed E-state index contributed by atoms with van der Waals surface area (Å²) in [5, 5.41) is 18.9. The van der Waals surface area contributed by atoms with Gasteiger partial charge in [0.2, 0.25) is 0 Å². The number of aromatic hydroxyl groups is 1. The molecule has 2 aromatic rings. The molecule has 4 heteroatoms. The molecule has 0 saturated heterocycles. The van der Waals surface area contributed by atoms with E-state index in [2.05, 4.69) is 0 Å². The lowest BCUT2D eigenvalue weighted by atomic mass is 9.98. The predicted molar refractivity (Wildman–Crippen MR) is 70.2 cm³/mol. The molecule has 2 N–H and O–H groups in total. The Labute approximate surface area is 109 Å². The first-order valence-electron chi connectivity index (χ1n) is 5.32. The van der Waals surface area contributed by atoms with E-state index in [0.717, 1.165) is 11.1 Å². The van der Waals surface area contributed by atoms with E-state index in [4.69, 9.17) is 16.7 Å². The molecular formula is C14H11ClO3. The minimum atomic E-state index is -0.966. The van der Waals surface area contributed by atoms with Crippen LogP contribution < -0.4 is 0 Å². The number of rotatable bonds is 2. The monoisotopic (exact) mass is 262 g/mol. The molecule has 2 aromatic carbocycles. The molecule has 0 radical (unpaired) electrons. The van der Waals surface area contributed by atoms with Gasteiger partial charge in [0.25, 0.3) is 0 Å². The van der Waals surface area contributed by atoms with E-state index in [9.17, 15) is 9.90 Å². The van der Waals surface area contributed by atoms with Gasteiger partial charge in [-0.3, -0.25) is 0 Å². The quantitative estimate of drug-likeness (QED) is 0.867. The van der Waals surface area contributed by atoms with Crippen LogP contribution in [0.2, 0.25) is 5.02 Å². The van der Waals surface area contributed by atoms with Crippen LogP contribution in [0, 0.1) is 6.92 Å². The average Bonchev–Trinajstić information content (AvgIpc) is 2.32. The number of phenolic OH excluding ortho intramolecular Hbond substituents is 1. The highest BCUT2D eigenvalue weighted by Gasteiger charge is 2.10. The van der Waals surface area contributed by atoms with Crippen molar-refractivity contribution in [3.8, 4) is 16.9 Å². The van der Waals surface area contributed by atoms with E-state index in [1.165, 1.54) is 12.1 Å². The molecule has 0 aromatic heterocycles. The first-order valence-corrected chi connectivity index (χ1v) is 5.69. The summed E-state index contributed by atoms with van der Waals surface area (Å²) < 4.78 is 0. The van der Waals surface area contributed by atoms with Crippen molar-refractivity contribution in [3.63, 3.8) is 0 Å². The van der Waals surface area contributed by atoms with Gasteiger partial charge in [-0.15, -0.1) is 0 Å². The van der Waals surface area contributed by atoms with Crippen molar-refractivity contribution in [2.24, 2.45) is 0 Å². The summed E-state index contributed by atoms with van der Waals surface area (Å²) in [6.45, 7) is 1.81. The van der Waals surface area contributed by atoms with E-state index in [-0.39, 0.29) is 11.3 Å². The largest absolute Gasteiger partial charge is 0.508 e. The smallest absolute Gasteiger partial charge is 0.335 e. The van der Waals surface area contributed by atoms with Crippen molar-refractivity contribution in [3.05, 3.63) is 52.5 Å². The molecule has 2 rings (SSSR count). The molecule has 92 valence electrons. The van der Waals surface area contributed by atoms with Crippen LogP contribution in [0.3, 0.4) is 0 Å². The van der Waals surface area contributed by atoms with Crippen molar-refractivity contribution < 1.29 is 15.0 Å². The zero-order valence-electron chi connectivity index (χ0n) is 9.64. The van der Waals surface area contributed by atoms with Crippen LogP contribution in [0.15, 0.2) is 36.4 Å². The molecule has 0 unspecified atom stereocenters. The lowest BCUT2D eigenvalue weighted by molar-refractivity contribution is 0.0697. The van der Waals surface area contributed by atoms with Crippen molar-refractivity contribution in [2.45, 2.75) is 6.92 Å². The van der Waals surface area contributed by atoms with Crippen LogP contribution in [-0.2, 0) is 0 Å². The second-order valence-electron chi connectivity index (χ2n) is 4.00. The maximum Gasteiger partial charge on any atom is 0.335 e. The third-order valence-electron chi connectivity index (χ3n) is 2.71. The summed E-state index contributed by atoms with van der Waals surface area (Å²) in [5.74, 6) is -0.845. The molecular weight excluding hydrogens is 252 g/mol. The number of halogens is 1. The van der Waals surface area contributed by atoms with Gasteiger partial charge < -0.3 is 10.2 Å². The maximum atomic E-state index is 10.9. The maximum absolute atomic E-state index is 10.9. The SMILES string of the molecule is Cc1cc(C(=O)O)ccc1-c1cc(O)ccc1Cl. The van der Waals surface area contributed by atoms with Crippen molar-refractivity contribution >= 4 is 17.6 Å². The van der Waals surface area contributed by atoms with Gasteiger partial charge in [-0.1, -0.05) is 17.7 Å². The number of carboxylic acids is 1. The molecule has 0 saturated carbocycles. The second-order valence-corrected chi connectivity index (χ2v) is 4.41. The minimum absolute atomic E-state index is 0.121. The van der Waals surface area contributed by atoms with Gasteiger partial charge in [0.1, 0.15) is 5.75 Å². The second kappa shape index (κ2) is 4.70. The Hall–Kier alpha value is -2.00. The third kappa shape index (κ3) is 2.31. The van der Waals surface area contributed by atoms with Gasteiger partial charge in [0.15, 0.2) is 0 Å². The van der Waals surface area contributed by atoms with Crippen LogP contribution in [-0.4, -0.2) is 16.2 Å². The molecule has 0 heterocycles. The molecule has 0 fully saturated rings. The molecule has 0 atom stereocenters. The van der Waals surface area contributed by atoms with Crippen LogP contribution >= 0.6 is 11.6 Å². The Morgan fingerprint density at radius 1 is 1.11 bits per heavy atom. The Morgan fingerprint density at radius 2 is 1.83 bits per heavy atom. The molecule has 18 heavy (non-hydrogen) atoms. The highest BCUT2D eigenvalue weighted by molar-refractivity contribution is 6.33. The molecule has 0 aliphatic carbocycles. The van der Waals surface area contributed by atoms with Crippen LogP contribution in [0.1, 0.15) is 15.9 Å². The summed E-state index contributed by atoms with van der Waals surface area (Å²) in [5.41, 5.74) is 2.52. The summed E-state index contributed by atoms with van der Waals surface area (Å²) in [4.78, 5) is 10.9.